The summed E-state index contributed by atoms with van der Waals surface area (Å²) < 4.78 is 19.5. The maximum Gasteiger partial charge on any atom is 0.259 e. The average molecular weight is 326 g/mol. The van der Waals surface area contributed by atoms with Crippen LogP contribution in [0.2, 0.25) is 0 Å². The molecule has 0 spiro atoms. The molecule has 0 radical (unpaired) electrons. The first-order valence-corrected chi connectivity index (χ1v) is 7.96. The smallest absolute Gasteiger partial charge is 0.259 e. The van der Waals surface area contributed by atoms with E-state index in [-0.39, 0.29) is 5.56 Å². The molecule has 0 amide bonds. The molecule has 1 heterocycles. The Kier molecular flexibility index (Phi) is 4.60. The van der Waals surface area contributed by atoms with Gasteiger partial charge in [-0.05, 0) is 36.6 Å². The molecule has 3 rings (SSSR count). The van der Waals surface area contributed by atoms with Crippen LogP contribution in [0.15, 0.2) is 47.3 Å². The largest absolute Gasteiger partial charge is 0.493 e. The lowest BCUT2D eigenvalue weighted by molar-refractivity contribution is 0.288. The Bertz CT molecular complexity index is 919. The average Bonchev–Trinajstić information content (AvgIpc) is 2.54. The Hall–Kier alpha value is -2.69. The van der Waals surface area contributed by atoms with Gasteiger partial charge in [0.2, 0.25) is 0 Å². The maximum atomic E-state index is 13.9. The standard InChI is InChI=1S/C19H19FN2O2/c1-12(2)7-8-24-15-10-13(9-14(20)11-15)18-21-17-6-4-3-5-16(17)19(23)22-18/h3-6,9-12H,7-8H2,1-2H3,(H,21,22,23). The summed E-state index contributed by atoms with van der Waals surface area (Å²) in [6, 6.07) is 11.4. The zero-order valence-corrected chi connectivity index (χ0v) is 13.7. The fourth-order valence-corrected chi connectivity index (χ4v) is 2.42. The van der Waals surface area contributed by atoms with Gasteiger partial charge < -0.3 is 9.72 Å². The number of halogens is 1. The topological polar surface area (TPSA) is 55.0 Å². The number of aromatic amines is 1. The van der Waals surface area contributed by atoms with Crippen molar-refractivity contribution < 1.29 is 9.13 Å². The number of nitrogens with zero attached hydrogens (tertiary/aromatic N) is 1. The van der Waals surface area contributed by atoms with Crippen LogP contribution in [-0.4, -0.2) is 16.6 Å². The highest BCUT2D eigenvalue weighted by Crippen LogP contribution is 2.24. The van der Waals surface area contributed by atoms with E-state index < -0.39 is 5.82 Å². The number of fused-ring (bicyclic) bond motifs is 1. The van der Waals surface area contributed by atoms with E-state index in [1.807, 2.05) is 6.07 Å². The molecular weight excluding hydrogens is 307 g/mol. The molecule has 0 unspecified atom stereocenters. The first-order valence-electron chi connectivity index (χ1n) is 7.96. The third-order valence-electron chi connectivity index (χ3n) is 3.72. The van der Waals surface area contributed by atoms with Crippen LogP contribution >= 0.6 is 0 Å². The zero-order chi connectivity index (χ0) is 17.1. The van der Waals surface area contributed by atoms with Gasteiger partial charge in [-0.15, -0.1) is 0 Å². The minimum atomic E-state index is -0.428. The molecule has 0 aliphatic rings. The van der Waals surface area contributed by atoms with Crippen molar-refractivity contribution in [3.8, 4) is 17.1 Å². The van der Waals surface area contributed by atoms with Crippen molar-refractivity contribution in [1.82, 2.24) is 9.97 Å². The molecule has 0 bridgehead atoms. The van der Waals surface area contributed by atoms with E-state index >= 15 is 0 Å². The minimum Gasteiger partial charge on any atom is -0.493 e. The molecule has 0 atom stereocenters. The molecule has 124 valence electrons. The van der Waals surface area contributed by atoms with Gasteiger partial charge >= 0.3 is 0 Å². The summed E-state index contributed by atoms with van der Waals surface area (Å²) in [5.41, 5.74) is 0.808. The van der Waals surface area contributed by atoms with Crippen LogP contribution in [0.5, 0.6) is 5.75 Å². The number of rotatable bonds is 5. The summed E-state index contributed by atoms with van der Waals surface area (Å²) in [5.74, 6) is 0.841. The fraction of sp³-hybridized carbons (Fsp3) is 0.263. The van der Waals surface area contributed by atoms with E-state index in [4.69, 9.17) is 4.74 Å². The quantitative estimate of drug-likeness (QED) is 0.766. The van der Waals surface area contributed by atoms with Crippen molar-refractivity contribution in [3.05, 3.63) is 58.6 Å². The molecule has 0 saturated heterocycles. The molecule has 24 heavy (non-hydrogen) atoms. The molecule has 0 fully saturated rings. The summed E-state index contributed by atoms with van der Waals surface area (Å²) in [6.45, 7) is 4.72. The minimum absolute atomic E-state index is 0.248. The van der Waals surface area contributed by atoms with Crippen molar-refractivity contribution in [3.63, 3.8) is 0 Å². The lowest BCUT2D eigenvalue weighted by Gasteiger charge is -2.10. The van der Waals surface area contributed by atoms with Gasteiger partial charge in [-0.25, -0.2) is 9.37 Å². The number of nitrogens with one attached hydrogen (secondary N) is 1. The van der Waals surface area contributed by atoms with Gasteiger partial charge in [0.1, 0.15) is 17.4 Å². The molecule has 0 aliphatic heterocycles. The first-order chi connectivity index (χ1) is 11.5. The number of aromatic nitrogens is 2. The number of hydrogen-bond donors (Lipinski definition) is 1. The Morgan fingerprint density at radius 1 is 1.21 bits per heavy atom. The molecule has 0 aliphatic carbocycles. The van der Waals surface area contributed by atoms with E-state index in [2.05, 4.69) is 23.8 Å². The summed E-state index contributed by atoms with van der Waals surface area (Å²) in [4.78, 5) is 19.3. The first kappa shape index (κ1) is 16.2. The molecule has 5 heteroatoms. The second-order valence-corrected chi connectivity index (χ2v) is 6.14. The van der Waals surface area contributed by atoms with E-state index in [9.17, 15) is 9.18 Å². The number of H-pyrrole nitrogens is 1. The molecular formula is C19H19FN2O2. The molecule has 1 aromatic heterocycles. The number of para-hydroxylation sites is 1. The summed E-state index contributed by atoms with van der Waals surface area (Å²) in [6.07, 6.45) is 0.886. The van der Waals surface area contributed by atoms with Crippen molar-refractivity contribution in [2.24, 2.45) is 5.92 Å². The van der Waals surface area contributed by atoms with Crippen LogP contribution in [0.4, 0.5) is 4.39 Å². The van der Waals surface area contributed by atoms with Gasteiger partial charge in [0, 0.05) is 11.6 Å². The molecule has 0 saturated carbocycles. The Balaban J connectivity index is 1.97. The van der Waals surface area contributed by atoms with Gasteiger partial charge in [0.05, 0.1) is 17.5 Å². The predicted molar refractivity (Wildman–Crippen MR) is 92.7 cm³/mol. The zero-order valence-electron chi connectivity index (χ0n) is 13.7. The van der Waals surface area contributed by atoms with Crippen LogP contribution in [0, 0.1) is 11.7 Å². The third-order valence-corrected chi connectivity index (χ3v) is 3.72. The van der Waals surface area contributed by atoms with Crippen LogP contribution in [-0.2, 0) is 0 Å². The van der Waals surface area contributed by atoms with E-state index in [1.54, 1.807) is 24.3 Å². The maximum absolute atomic E-state index is 13.9. The van der Waals surface area contributed by atoms with Gasteiger partial charge in [0.15, 0.2) is 0 Å². The fourth-order valence-electron chi connectivity index (χ4n) is 2.42. The SMILES string of the molecule is CC(C)CCOc1cc(F)cc(-c2nc3ccccc3c(=O)[nH]2)c1. The van der Waals surface area contributed by atoms with Crippen LogP contribution in [0.3, 0.4) is 0 Å². The second-order valence-electron chi connectivity index (χ2n) is 6.14. The highest BCUT2D eigenvalue weighted by atomic mass is 19.1. The number of benzene rings is 2. The van der Waals surface area contributed by atoms with Crippen LogP contribution < -0.4 is 10.3 Å². The third kappa shape index (κ3) is 3.62. The highest BCUT2D eigenvalue weighted by Gasteiger charge is 2.09. The van der Waals surface area contributed by atoms with Crippen LogP contribution in [0.25, 0.3) is 22.3 Å². The van der Waals surface area contributed by atoms with Crippen LogP contribution in [0.1, 0.15) is 20.3 Å². The number of hydrogen-bond acceptors (Lipinski definition) is 3. The Labute approximate surface area is 139 Å². The van der Waals surface area contributed by atoms with E-state index in [0.717, 1.165) is 6.42 Å². The number of ether oxygens (including phenoxy) is 1. The summed E-state index contributed by atoms with van der Waals surface area (Å²) in [5, 5.41) is 0.506. The Morgan fingerprint density at radius 2 is 2.00 bits per heavy atom. The second kappa shape index (κ2) is 6.83. The van der Waals surface area contributed by atoms with Gasteiger partial charge in [0.25, 0.3) is 5.56 Å². The highest BCUT2D eigenvalue weighted by molar-refractivity contribution is 5.79. The van der Waals surface area contributed by atoms with Crippen molar-refractivity contribution >= 4 is 10.9 Å². The Morgan fingerprint density at radius 3 is 2.79 bits per heavy atom. The molecule has 1 N–H and O–H groups in total. The lowest BCUT2D eigenvalue weighted by Crippen LogP contribution is -2.09. The normalized spacial score (nSPS) is 11.2. The summed E-state index contributed by atoms with van der Waals surface area (Å²) in [7, 11) is 0. The molecule has 4 nitrogen and oxygen atoms in total. The summed E-state index contributed by atoms with van der Waals surface area (Å²) >= 11 is 0. The van der Waals surface area contributed by atoms with Gasteiger partial charge in [-0.1, -0.05) is 26.0 Å². The van der Waals surface area contributed by atoms with Crippen molar-refractivity contribution in [1.29, 1.82) is 0 Å². The van der Waals surface area contributed by atoms with Crippen molar-refractivity contribution in [2.75, 3.05) is 6.61 Å². The molecule has 3 aromatic rings. The molecule has 2 aromatic carbocycles. The monoisotopic (exact) mass is 326 g/mol. The van der Waals surface area contributed by atoms with E-state index in [0.29, 0.717) is 40.6 Å². The van der Waals surface area contributed by atoms with Gasteiger partial charge in [-0.3, -0.25) is 4.79 Å². The van der Waals surface area contributed by atoms with Crippen molar-refractivity contribution in [2.45, 2.75) is 20.3 Å². The predicted octanol–water partition coefficient (Wildman–Crippen LogP) is 4.15. The lowest BCUT2D eigenvalue weighted by atomic mass is 10.1. The van der Waals surface area contributed by atoms with Gasteiger partial charge in [-0.2, -0.15) is 0 Å². The van der Waals surface area contributed by atoms with E-state index in [1.165, 1.54) is 12.1 Å².